The first-order valence-electron chi connectivity index (χ1n) is 6.70. The van der Waals surface area contributed by atoms with Crippen molar-refractivity contribution in [2.45, 2.75) is 29.6 Å². The van der Waals surface area contributed by atoms with Crippen LogP contribution in [0, 0.1) is 5.82 Å². The topological polar surface area (TPSA) is 54.4 Å². The molecule has 0 spiro atoms. The van der Waals surface area contributed by atoms with Crippen LogP contribution >= 0.6 is 0 Å². The van der Waals surface area contributed by atoms with Gasteiger partial charge in [-0.15, -0.1) is 0 Å². The molecule has 2 unspecified atom stereocenters. The third kappa shape index (κ3) is 3.14. The van der Waals surface area contributed by atoms with E-state index >= 15 is 0 Å². The van der Waals surface area contributed by atoms with Crippen LogP contribution in [0.5, 0.6) is 0 Å². The summed E-state index contributed by atoms with van der Waals surface area (Å²) in [6, 6.07) is 13.8. The van der Waals surface area contributed by atoms with Gasteiger partial charge in [0.25, 0.3) is 0 Å². The predicted octanol–water partition coefficient (Wildman–Crippen LogP) is 3.11. The third-order valence-electron chi connectivity index (χ3n) is 3.44. The van der Waals surface area contributed by atoms with Crippen LogP contribution < -0.4 is 0 Å². The van der Waals surface area contributed by atoms with Crippen LogP contribution in [0.2, 0.25) is 0 Å². The van der Waals surface area contributed by atoms with Gasteiger partial charge in [0.1, 0.15) is 10.7 Å². The molecule has 21 heavy (non-hydrogen) atoms. The van der Waals surface area contributed by atoms with E-state index in [1.807, 2.05) is 0 Å². The van der Waals surface area contributed by atoms with E-state index in [1.54, 1.807) is 37.3 Å². The predicted molar refractivity (Wildman–Crippen MR) is 79.1 cm³/mol. The van der Waals surface area contributed by atoms with Crippen molar-refractivity contribution in [1.29, 1.82) is 0 Å². The molecule has 2 aromatic carbocycles. The monoisotopic (exact) mass is 308 g/mol. The summed E-state index contributed by atoms with van der Waals surface area (Å²) in [5.41, 5.74) is 0.504. The maximum absolute atomic E-state index is 13.8. The summed E-state index contributed by atoms with van der Waals surface area (Å²) in [5.74, 6) is -0.795. The number of halogens is 1. The summed E-state index contributed by atoms with van der Waals surface area (Å²) in [7, 11) is -3.95. The van der Waals surface area contributed by atoms with Gasteiger partial charge in [-0.05, 0) is 24.1 Å². The first kappa shape index (κ1) is 15.7. The molecule has 0 bridgehead atoms. The molecular formula is C16H17FO3S. The first-order chi connectivity index (χ1) is 9.98. The Labute approximate surface area is 124 Å². The molecule has 0 aliphatic heterocycles. The molecule has 2 aromatic rings. The molecule has 0 saturated heterocycles. The van der Waals surface area contributed by atoms with Gasteiger partial charge in [0.05, 0.1) is 11.4 Å². The van der Waals surface area contributed by atoms with Gasteiger partial charge >= 0.3 is 0 Å². The van der Waals surface area contributed by atoms with Crippen LogP contribution in [0.3, 0.4) is 0 Å². The number of sulfone groups is 1. The average molecular weight is 308 g/mol. The van der Waals surface area contributed by atoms with E-state index in [0.717, 1.165) is 6.07 Å². The molecule has 0 heterocycles. The largest absolute Gasteiger partial charge is 0.387 e. The Morgan fingerprint density at radius 1 is 1.05 bits per heavy atom. The Bertz CT molecular complexity index is 698. The SMILES string of the molecule is CCC(C(O)c1ccccc1)S(=O)(=O)c1ccccc1F. The Balaban J connectivity index is 2.44. The van der Waals surface area contributed by atoms with Gasteiger partial charge in [-0.25, -0.2) is 12.8 Å². The molecule has 0 aliphatic carbocycles. The molecule has 1 N–H and O–H groups in total. The normalized spacial score (nSPS) is 14.6. The van der Waals surface area contributed by atoms with Crippen molar-refractivity contribution in [3.05, 3.63) is 66.0 Å². The number of aliphatic hydroxyl groups is 1. The highest BCUT2D eigenvalue weighted by molar-refractivity contribution is 7.92. The van der Waals surface area contributed by atoms with Crippen molar-refractivity contribution in [1.82, 2.24) is 0 Å². The summed E-state index contributed by atoms with van der Waals surface area (Å²) in [4.78, 5) is -0.369. The van der Waals surface area contributed by atoms with E-state index in [2.05, 4.69) is 0 Å². The van der Waals surface area contributed by atoms with E-state index in [1.165, 1.54) is 18.2 Å². The minimum absolute atomic E-state index is 0.187. The van der Waals surface area contributed by atoms with Crippen LogP contribution in [0.1, 0.15) is 25.0 Å². The third-order valence-corrected chi connectivity index (χ3v) is 5.77. The van der Waals surface area contributed by atoms with Gasteiger partial charge in [-0.1, -0.05) is 49.4 Å². The summed E-state index contributed by atoms with van der Waals surface area (Å²) < 4.78 is 39.0. The van der Waals surface area contributed by atoms with Crippen molar-refractivity contribution in [2.75, 3.05) is 0 Å². The van der Waals surface area contributed by atoms with Crippen molar-refractivity contribution >= 4 is 9.84 Å². The van der Waals surface area contributed by atoms with E-state index in [-0.39, 0.29) is 11.3 Å². The second-order valence-corrected chi connectivity index (χ2v) is 6.91. The minimum atomic E-state index is -3.95. The molecule has 0 aromatic heterocycles. The fraction of sp³-hybridized carbons (Fsp3) is 0.250. The summed E-state index contributed by atoms with van der Waals surface area (Å²) in [5, 5.41) is 9.28. The Morgan fingerprint density at radius 2 is 1.62 bits per heavy atom. The highest BCUT2D eigenvalue weighted by atomic mass is 32.2. The molecule has 0 amide bonds. The lowest BCUT2D eigenvalue weighted by molar-refractivity contribution is 0.169. The lowest BCUT2D eigenvalue weighted by Gasteiger charge is -2.22. The number of hydrogen-bond donors (Lipinski definition) is 1. The molecule has 5 heteroatoms. The minimum Gasteiger partial charge on any atom is -0.387 e. The zero-order chi connectivity index (χ0) is 15.5. The van der Waals surface area contributed by atoms with E-state index in [4.69, 9.17) is 0 Å². The summed E-state index contributed by atoms with van der Waals surface area (Å²) in [6.07, 6.45) is -1.01. The van der Waals surface area contributed by atoms with E-state index < -0.39 is 27.0 Å². The van der Waals surface area contributed by atoms with Crippen LogP contribution in [0.4, 0.5) is 4.39 Å². The van der Waals surface area contributed by atoms with Gasteiger partial charge in [-0.2, -0.15) is 0 Å². The molecule has 0 radical (unpaired) electrons. The quantitative estimate of drug-likeness (QED) is 0.923. The second kappa shape index (κ2) is 6.37. The van der Waals surface area contributed by atoms with Crippen molar-refractivity contribution in [3.8, 4) is 0 Å². The molecular weight excluding hydrogens is 291 g/mol. The zero-order valence-electron chi connectivity index (χ0n) is 11.6. The van der Waals surface area contributed by atoms with E-state index in [9.17, 15) is 17.9 Å². The molecule has 0 fully saturated rings. The smallest absolute Gasteiger partial charge is 0.186 e. The van der Waals surface area contributed by atoms with Gasteiger partial charge < -0.3 is 5.11 Å². The number of hydrogen-bond acceptors (Lipinski definition) is 3. The highest BCUT2D eigenvalue weighted by Crippen LogP contribution is 2.30. The van der Waals surface area contributed by atoms with Gasteiger partial charge in [-0.3, -0.25) is 0 Å². The van der Waals surface area contributed by atoms with Crippen LogP contribution in [0.25, 0.3) is 0 Å². The second-order valence-electron chi connectivity index (χ2n) is 4.78. The maximum Gasteiger partial charge on any atom is 0.186 e. The summed E-state index contributed by atoms with van der Waals surface area (Å²) >= 11 is 0. The fourth-order valence-electron chi connectivity index (χ4n) is 2.32. The van der Waals surface area contributed by atoms with Crippen LogP contribution in [0.15, 0.2) is 59.5 Å². The lowest BCUT2D eigenvalue weighted by Crippen LogP contribution is -2.28. The standard InChI is InChI=1S/C16H17FO3S/c1-2-14(16(18)12-8-4-3-5-9-12)21(19,20)15-11-7-6-10-13(15)17/h3-11,14,16,18H,2H2,1H3. The molecule has 0 aliphatic rings. The highest BCUT2D eigenvalue weighted by Gasteiger charge is 2.34. The van der Waals surface area contributed by atoms with Gasteiger partial charge in [0.15, 0.2) is 9.84 Å². The fourth-order valence-corrected chi connectivity index (χ4v) is 4.19. The Hall–Kier alpha value is -1.72. The number of benzene rings is 2. The lowest BCUT2D eigenvalue weighted by atomic mass is 10.1. The number of rotatable bonds is 5. The van der Waals surface area contributed by atoms with Gasteiger partial charge in [0.2, 0.25) is 0 Å². The van der Waals surface area contributed by atoms with Crippen LogP contribution in [-0.4, -0.2) is 18.8 Å². The molecule has 3 nitrogen and oxygen atoms in total. The molecule has 2 rings (SSSR count). The van der Waals surface area contributed by atoms with E-state index in [0.29, 0.717) is 5.56 Å². The Morgan fingerprint density at radius 3 is 2.19 bits per heavy atom. The Kier molecular flexibility index (Phi) is 4.75. The zero-order valence-corrected chi connectivity index (χ0v) is 12.4. The van der Waals surface area contributed by atoms with Crippen molar-refractivity contribution in [3.63, 3.8) is 0 Å². The molecule has 112 valence electrons. The van der Waals surface area contributed by atoms with Gasteiger partial charge in [0, 0.05) is 0 Å². The number of aliphatic hydroxyl groups excluding tert-OH is 1. The summed E-state index contributed by atoms with van der Waals surface area (Å²) in [6.45, 7) is 1.66. The maximum atomic E-state index is 13.8. The van der Waals surface area contributed by atoms with Crippen LogP contribution in [-0.2, 0) is 9.84 Å². The first-order valence-corrected chi connectivity index (χ1v) is 8.24. The van der Waals surface area contributed by atoms with Crippen molar-refractivity contribution in [2.24, 2.45) is 0 Å². The molecule has 0 saturated carbocycles. The molecule has 2 atom stereocenters. The van der Waals surface area contributed by atoms with Crippen molar-refractivity contribution < 1.29 is 17.9 Å². The average Bonchev–Trinajstić information content (AvgIpc) is 2.48.